The van der Waals surface area contributed by atoms with Gasteiger partial charge in [-0.05, 0) is 0 Å². The summed E-state index contributed by atoms with van der Waals surface area (Å²) in [6, 6.07) is 0. The molecule has 0 radical (unpaired) electrons. The van der Waals surface area contributed by atoms with Gasteiger partial charge in [-0.15, -0.1) is 3.63 Å². The van der Waals surface area contributed by atoms with Crippen LogP contribution in [-0.2, 0) is 22.3 Å². The fraction of sp³-hybridized carbons (Fsp3) is 0. The molecule has 56 valence electrons. The Labute approximate surface area is 60.8 Å². The molecule has 0 heterocycles. The molecule has 0 fully saturated rings. The van der Waals surface area contributed by atoms with E-state index in [1.165, 1.54) is 0 Å². The van der Waals surface area contributed by atoms with E-state index < -0.39 is 18.7 Å². The maximum atomic E-state index is 9.73. The molecule has 9 heavy (non-hydrogen) atoms. The van der Waals surface area contributed by atoms with Gasteiger partial charge >= 0.3 is 18.7 Å². The third-order valence-electron chi connectivity index (χ3n) is 0.163. The van der Waals surface area contributed by atoms with Gasteiger partial charge in [-0.1, -0.05) is 0 Å². The third kappa shape index (κ3) is 8.44. The molecule has 0 amide bonds. The largest absolute Gasteiger partial charge is 0.371 e. The minimum absolute atomic E-state index is 3.10. The monoisotopic (exact) mass is 214 g/mol. The Hall–Kier alpha value is 0.440. The summed E-state index contributed by atoms with van der Waals surface area (Å²) in [6.07, 6.45) is 0. The summed E-state index contributed by atoms with van der Waals surface area (Å²) in [5.74, 6) is 0. The molecule has 0 rings (SSSR count). The molecule has 0 bridgehead atoms. The Balaban J connectivity index is 4.46. The highest BCUT2D eigenvalue weighted by atomic mass is 35.7. The van der Waals surface area contributed by atoms with Crippen molar-refractivity contribution in [2.24, 2.45) is 0 Å². The Kier molecular flexibility index (Phi) is 2.71. The smallest absolute Gasteiger partial charge is 0.180 e. The van der Waals surface area contributed by atoms with Crippen LogP contribution in [0.25, 0.3) is 0 Å². The van der Waals surface area contributed by atoms with Crippen molar-refractivity contribution in [2.75, 3.05) is 0 Å². The van der Waals surface area contributed by atoms with Gasteiger partial charge in [0.2, 0.25) is 0 Å². The Morgan fingerprint density at radius 3 is 1.11 bits per heavy atom. The van der Waals surface area contributed by atoms with Crippen LogP contribution in [0.2, 0.25) is 0 Å². The molecule has 0 saturated carbocycles. The zero-order chi connectivity index (χ0) is 7.71. The van der Waals surface area contributed by atoms with Crippen LogP contribution in [0.4, 0.5) is 0 Å². The Morgan fingerprint density at radius 1 is 0.889 bits per heavy atom. The Morgan fingerprint density at radius 2 is 1.11 bits per heavy atom. The van der Waals surface area contributed by atoms with Gasteiger partial charge in [0.1, 0.15) is 0 Å². The second-order valence-corrected chi connectivity index (χ2v) is 5.24. The van der Waals surface area contributed by atoms with E-state index in [-0.39, 0.29) is 0 Å². The lowest BCUT2D eigenvalue weighted by atomic mass is 15.8. The van der Waals surface area contributed by atoms with E-state index in [0.717, 1.165) is 0 Å². The predicted octanol–water partition coefficient (Wildman–Crippen LogP) is -0.0298. The van der Waals surface area contributed by atoms with Crippen LogP contribution in [0.15, 0.2) is 0 Å². The van der Waals surface area contributed by atoms with Gasteiger partial charge in [0.25, 0.3) is 0 Å². The normalized spacial score (nSPS) is 13.6. The molecule has 0 aromatic rings. The molecule has 0 aliphatic rings. The first kappa shape index (κ1) is 9.44. The fourth-order valence-corrected chi connectivity index (χ4v) is 2.33. The lowest BCUT2D eigenvalue weighted by Gasteiger charge is -1.87. The number of rotatable bonds is 2. The molecule has 0 unspecified atom stereocenters. The maximum absolute atomic E-state index is 9.73. The van der Waals surface area contributed by atoms with Crippen molar-refractivity contribution >= 4 is 40.0 Å². The standard InChI is InChI=1S/Cl2O5S2/c1-8(3,4)7-9(2,5)6. The summed E-state index contributed by atoms with van der Waals surface area (Å²) in [4.78, 5) is 0. The van der Waals surface area contributed by atoms with Gasteiger partial charge < -0.3 is 0 Å². The molecule has 0 aliphatic carbocycles. The van der Waals surface area contributed by atoms with Crippen molar-refractivity contribution in [1.82, 2.24) is 0 Å². The predicted molar refractivity (Wildman–Crippen MR) is 30.6 cm³/mol. The molecule has 0 aromatic heterocycles. The summed E-state index contributed by atoms with van der Waals surface area (Å²) in [5.41, 5.74) is 0. The highest BCUT2D eigenvalue weighted by Crippen LogP contribution is 2.08. The molecule has 0 spiro atoms. The molecule has 5 nitrogen and oxygen atoms in total. The van der Waals surface area contributed by atoms with Crippen LogP contribution >= 0.6 is 21.4 Å². The van der Waals surface area contributed by atoms with E-state index >= 15 is 0 Å². The van der Waals surface area contributed by atoms with Crippen molar-refractivity contribution in [3.05, 3.63) is 0 Å². The van der Waals surface area contributed by atoms with Crippen molar-refractivity contribution in [3.8, 4) is 0 Å². The fourth-order valence-electron chi connectivity index (χ4n) is 0.0971. The first-order valence-corrected chi connectivity index (χ1v) is 5.78. The van der Waals surface area contributed by atoms with E-state index in [1.807, 2.05) is 0 Å². The van der Waals surface area contributed by atoms with Gasteiger partial charge in [0, 0.05) is 0 Å². The molecule has 0 atom stereocenters. The van der Waals surface area contributed by atoms with Crippen molar-refractivity contribution < 1.29 is 20.5 Å². The maximum Gasteiger partial charge on any atom is 0.371 e. The second-order valence-electron chi connectivity index (χ2n) is 0.854. The zero-order valence-electron chi connectivity index (χ0n) is 3.61. The lowest BCUT2D eigenvalue weighted by Crippen LogP contribution is -2.00. The summed E-state index contributed by atoms with van der Waals surface area (Å²) >= 11 is 0. The molecular weight excluding hydrogens is 215 g/mol. The quantitative estimate of drug-likeness (QED) is 0.604. The average molecular weight is 215 g/mol. The first-order valence-electron chi connectivity index (χ1n) is 1.31. The summed E-state index contributed by atoms with van der Waals surface area (Å²) < 4.78 is 42.0. The van der Waals surface area contributed by atoms with Crippen molar-refractivity contribution in [3.63, 3.8) is 0 Å². The van der Waals surface area contributed by atoms with Crippen LogP contribution in [0.3, 0.4) is 0 Å². The summed E-state index contributed by atoms with van der Waals surface area (Å²) in [5, 5.41) is 0. The van der Waals surface area contributed by atoms with E-state index in [9.17, 15) is 16.8 Å². The molecular formula is Cl2O5S2. The van der Waals surface area contributed by atoms with Crippen LogP contribution in [0.1, 0.15) is 0 Å². The second kappa shape index (κ2) is 2.59. The highest BCUT2D eigenvalue weighted by molar-refractivity contribution is 8.21. The zero-order valence-corrected chi connectivity index (χ0v) is 6.76. The average Bonchev–Trinajstić information content (AvgIpc) is 1.14. The van der Waals surface area contributed by atoms with Gasteiger partial charge in [-0.3, -0.25) is 0 Å². The van der Waals surface area contributed by atoms with Crippen molar-refractivity contribution in [1.29, 1.82) is 0 Å². The molecule has 0 aliphatic heterocycles. The summed E-state index contributed by atoms with van der Waals surface area (Å²) in [6.45, 7) is 0. The minimum atomic E-state index is -4.53. The molecule has 9 heteroatoms. The van der Waals surface area contributed by atoms with Gasteiger partial charge in [-0.25, -0.2) is 0 Å². The van der Waals surface area contributed by atoms with Gasteiger partial charge in [0.05, 0.1) is 21.4 Å². The highest BCUT2D eigenvalue weighted by Gasteiger charge is 2.16. The Bertz CT molecular complexity index is 238. The van der Waals surface area contributed by atoms with Crippen LogP contribution in [0, 0.1) is 0 Å². The number of hydrogen-bond acceptors (Lipinski definition) is 5. The van der Waals surface area contributed by atoms with E-state index in [4.69, 9.17) is 0 Å². The van der Waals surface area contributed by atoms with Crippen molar-refractivity contribution in [2.45, 2.75) is 0 Å². The molecule has 0 saturated heterocycles. The SMILES string of the molecule is O=S(=O)(Cl)OS(=O)(=O)Cl. The minimum Gasteiger partial charge on any atom is -0.180 e. The van der Waals surface area contributed by atoms with E-state index in [0.29, 0.717) is 0 Å². The van der Waals surface area contributed by atoms with Crippen LogP contribution in [-0.4, -0.2) is 16.8 Å². The molecule has 0 aromatic carbocycles. The molecule has 0 N–H and O–H groups in total. The first-order chi connectivity index (χ1) is 3.71. The summed E-state index contributed by atoms with van der Waals surface area (Å²) in [7, 11) is -0.451. The third-order valence-corrected chi connectivity index (χ3v) is 2.39. The van der Waals surface area contributed by atoms with Crippen LogP contribution in [0.5, 0.6) is 0 Å². The van der Waals surface area contributed by atoms with Crippen LogP contribution < -0.4 is 0 Å². The topological polar surface area (TPSA) is 77.5 Å². The van der Waals surface area contributed by atoms with E-state index in [2.05, 4.69) is 25.0 Å². The van der Waals surface area contributed by atoms with Gasteiger partial charge in [0.15, 0.2) is 0 Å². The lowest BCUT2D eigenvalue weighted by molar-refractivity contribution is 0.485. The van der Waals surface area contributed by atoms with E-state index in [1.54, 1.807) is 0 Å². The van der Waals surface area contributed by atoms with Gasteiger partial charge in [-0.2, -0.15) is 16.8 Å². The number of hydrogen-bond donors (Lipinski definition) is 0. The number of halogens is 2.